The molecule has 0 fully saturated rings. The second-order valence-corrected chi connectivity index (χ2v) is 8.57. The summed E-state index contributed by atoms with van der Waals surface area (Å²) in [5.74, 6) is -2.36. The van der Waals surface area contributed by atoms with Crippen molar-refractivity contribution in [2.45, 2.75) is 40.0 Å². The van der Waals surface area contributed by atoms with E-state index in [2.05, 4.69) is 10.3 Å². The zero-order valence-corrected chi connectivity index (χ0v) is 17.8. The molecule has 0 unspecified atom stereocenters. The number of fused-ring (bicyclic) bond motifs is 1. The second kappa shape index (κ2) is 8.14. The monoisotopic (exact) mass is 420 g/mol. The molecule has 7 nitrogen and oxygen atoms in total. The third-order valence-corrected chi connectivity index (χ3v) is 4.99. The van der Waals surface area contributed by atoms with Gasteiger partial charge in [-0.15, -0.1) is 0 Å². The van der Waals surface area contributed by atoms with Crippen LogP contribution >= 0.6 is 0 Å². The molecule has 1 aliphatic rings. The number of hydrogen-bond acceptors (Lipinski definition) is 4. The lowest BCUT2D eigenvalue weighted by Gasteiger charge is -2.32. The highest BCUT2D eigenvalue weighted by Gasteiger charge is 2.36. The topological polar surface area (TPSA) is 76.5 Å². The number of hydrogen-bond donors (Lipinski definition) is 1. The molecule has 1 aliphatic heterocycles. The number of carbonyl (C=O) groups is 2. The molecule has 0 saturated heterocycles. The van der Waals surface area contributed by atoms with Crippen LogP contribution in [-0.2, 0) is 22.7 Å². The summed E-state index contributed by atoms with van der Waals surface area (Å²) >= 11 is 0. The lowest BCUT2D eigenvalue weighted by Crippen LogP contribution is -2.53. The van der Waals surface area contributed by atoms with Crippen molar-refractivity contribution < 1.29 is 23.1 Å². The molecular formula is C21H26F2N4O3. The number of rotatable bonds is 4. The molecule has 3 rings (SSSR count). The zero-order chi connectivity index (χ0) is 22.2. The number of nitrogens with one attached hydrogen (secondary N) is 1. The van der Waals surface area contributed by atoms with Gasteiger partial charge in [0, 0.05) is 26.2 Å². The number of carbonyl (C=O) groups excluding carboxylic acids is 2. The van der Waals surface area contributed by atoms with Gasteiger partial charge in [0.05, 0.1) is 18.9 Å². The van der Waals surface area contributed by atoms with Crippen molar-refractivity contribution in [2.24, 2.45) is 5.41 Å². The van der Waals surface area contributed by atoms with E-state index in [1.54, 1.807) is 18.7 Å². The summed E-state index contributed by atoms with van der Waals surface area (Å²) in [4.78, 5) is 31.6. The van der Waals surface area contributed by atoms with E-state index < -0.39 is 29.0 Å². The van der Waals surface area contributed by atoms with Crippen LogP contribution in [0.5, 0.6) is 0 Å². The number of benzene rings is 1. The molecule has 2 aromatic rings. The summed E-state index contributed by atoms with van der Waals surface area (Å²) in [6, 6.07) is 2.72. The molecule has 0 aliphatic carbocycles. The number of halogens is 2. The highest BCUT2D eigenvalue weighted by Crippen LogP contribution is 2.28. The Morgan fingerprint density at radius 2 is 1.93 bits per heavy atom. The Morgan fingerprint density at radius 1 is 1.23 bits per heavy atom. The van der Waals surface area contributed by atoms with Crippen molar-refractivity contribution in [2.75, 3.05) is 20.7 Å². The molecule has 0 spiro atoms. The van der Waals surface area contributed by atoms with Crippen molar-refractivity contribution in [1.82, 2.24) is 19.8 Å². The molecule has 1 atom stereocenters. The van der Waals surface area contributed by atoms with E-state index in [1.807, 2.05) is 20.8 Å². The SMILES string of the molecule is CN(C)C(=O)[C@@H](NC(=O)c1nc(-c2ccc(F)c(F)c2)n2c1COCC2)C(C)(C)C. The van der Waals surface area contributed by atoms with Crippen LogP contribution in [0.2, 0.25) is 0 Å². The van der Waals surface area contributed by atoms with Gasteiger partial charge in [-0.05, 0) is 23.6 Å². The van der Waals surface area contributed by atoms with Gasteiger partial charge in [-0.3, -0.25) is 9.59 Å². The van der Waals surface area contributed by atoms with Gasteiger partial charge in [-0.1, -0.05) is 20.8 Å². The van der Waals surface area contributed by atoms with Crippen LogP contribution < -0.4 is 5.32 Å². The number of nitrogens with zero attached hydrogens (tertiary/aromatic N) is 3. The first-order valence-corrected chi connectivity index (χ1v) is 9.65. The van der Waals surface area contributed by atoms with Gasteiger partial charge in [0.2, 0.25) is 5.91 Å². The van der Waals surface area contributed by atoms with E-state index in [0.717, 1.165) is 12.1 Å². The Labute approximate surface area is 174 Å². The third kappa shape index (κ3) is 4.21. The van der Waals surface area contributed by atoms with Crippen LogP contribution in [0.1, 0.15) is 37.0 Å². The molecule has 162 valence electrons. The lowest BCUT2D eigenvalue weighted by molar-refractivity contribution is -0.133. The van der Waals surface area contributed by atoms with Crippen molar-refractivity contribution >= 4 is 11.8 Å². The summed E-state index contributed by atoms with van der Waals surface area (Å²) in [6.07, 6.45) is 0. The first-order valence-electron chi connectivity index (χ1n) is 9.65. The first-order chi connectivity index (χ1) is 14.0. The van der Waals surface area contributed by atoms with Gasteiger partial charge in [0.1, 0.15) is 11.9 Å². The predicted molar refractivity (Wildman–Crippen MR) is 107 cm³/mol. The van der Waals surface area contributed by atoms with E-state index in [0.29, 0.717) is 30.2 Å². The quantitative estimate of drug-likeness (QED) is 0.825. The number of amides is 2. The smallest absolute Gasteiger partial charge is 0.272 e. The number of aromatic nitrogens is 2. The van der Waals surface area contributed by atoms with Crippen molar-refractivity contribution in [3.05, 3.63) is 41.2 Å². The number of likely N-dealkylation sites (N-methyl/N-ethyl adjacent to an activating group) is 1. The fourth-order valence-electron chi connectivity index (χ4n) is 3.34. The maximum absolute atomic E-state index is 13.8. The van der Waals surface area contributed by atoms with Gasteiger partial charge in [0.15, 0.2) is 17.3 Å². The average Bonchev–Trinajstić information content (AvgIpc) is 3.06. The highest BCUT2D eigenvalue weighted by atomic mass is 19.2. The van der Waals surface area contributed by atoms with E-state index in [1.165, 1.54) is 11.0 Å². The Hall–Kier alpha value is -2.81. The maximum Gasteiger partial charge on any atom is 0.272 e. The van der Waals surface area contributed by atoms with Gasteiger partial charge in [-0.25, -0.2) is 13.8 Å². The molecule has 0 bridgehead atoms. The van der Waals surface area contributed by atoms with Crippen LogP contribution in [0.4, 0.5) is 8.78 Å². The third-order valence-electron chi connectivity index (χ3n) is 4.99. The van der Waals surface area contributed by atoms with Crippen LogP contribution in [0, 0.1) is 17.0 Å². The average molecular weight is 420 g/mol. The van der Waals surface area contributed by atoms with E-state index in [4.69, 9.17) is 4.74 Å². The summed E-state index contributed by atoms with van der Waals surface area (Å²) in [6.45, 7) is 6.56. The number of imidazole rings is 1. The minimum Gasteiger partial charge on any atom is -0.373 e. The molecule has 2 amide bonds. The van der Waals surface area contributed by atoms with Crippen LogP contribution in [0.3, 0.4) is 0 Å². The summed E-state index contributed by atoms with van der Waals surface area (Å²) in [5, 5.41) is 2.79. The van der Waals surface area contributed by atoms with Crippen LogP contribution in [0.25, 0.3) is 11.4 Å². The fraction of sp³-hybridized carbons (Fsp3) is 0.476. The van der Waals surface area contributed by atoms with Crippen LogP contribution in [0.15, 0.2) is 18.2 Å². The largest absolute Gasteiger partial charge is 0.373 e. The van der Waals surface area contributed by atoms with Crippen LogP contribution in [-0.4, -0.2) is 53.0 Å². The standard InChI is InChI=1S/C21H26F2N4O3/c1-21(2,3)17(20(29)26(4)5)25-19(28)16-15-11-30-9-8-27(15)18(24-16)12-6-7-13(22)14(23)10-12/h6-7,10,17H,8-9,11H2,1-5H3,(H,25,28)/t17-/m1/s1. The predicted octanol–water partition coefficient (Wildman–Crippen LogP) is 2.59. The maximum atomic E-state index is 13.8. The van der Waals surface area contributed by atoms with E-state index in [-0.39, 0.29) is 18.2 Å². The lowest BCUT2D eigenvalue weighted by atomic mass is 9.85. The molecule has 1 aromatic carbocycles. The Bertz CT molecular complexity index is 979. The Kier molecular flexibility index (Phi) is 5.94. The van der Waals surface area contributed by atoms with Gasteiger partial charge < -0.3 is 19.5 Å². The van der Waals surface area contributed by atoms with E-state index in [9.17, 15) is 18.4 Å². The van der Waals surface area contributed by atoms with E-state index >= 15 is 0 Å². The summed E-state index contributed by atoms with van der Waals surface area (Å²) < 4.78 is 34.4. The van der Waals surface area contributed by atoms with Gasteiger partial charge >= 0.3 is 0 Å². The molecule has 2 heterocycles. The number of ether oxygens (including phenoxy) is 1. The normalized spacial score (nSPS) is 14.8. The molecular weight excluding hydrogens is 394 g/mol. The molecule has 9 heteroatoms. The molecule has 1 aromatic heterocycles. The summed E-state index contributed by atoms with van der Waals surface area (Å²) in [5.41, 5.74) is 0.461. The zero-order valence-electron chi connectivity index (χ0n) is 17.8. The summed E-state index contributed by atoms with van der Waals surface area (Å²) in [7, 11) is 3.25. The minimum absolute atomic E-state index is 0.107. The molecule has 30 heavy (non-hydrogen) atoms. The molecule has 0 radical (unpaired) electrons. The Morgan fingerprint density at radius 3 is 2.53 bits per heavy atom. The van der Waals surface area contributed by atoms with Crippen molar-refractivity contribution in [1.29, 1.82) is 0 Å². The van der Waals surface area contributed by atoms with Crippen molar-refractivity contribution in [3.63, 3.8) is 0 Å². The van der Waals surface area contributed by atoms with Crippen molar-refractivity contribution in [3.8, 4) is 11.4 Å². The second-order valence-electron chi connectivity index (χ2n) is 8.57. The highest BCUT2D eigenvalue weighted by molar-refractivity contribution is 5.97. The Balaban J connectivity index is 2.01. The van der Waals surface area contributed by atoms with Gasteiger partial charge in [0.25, 0.3) is 5.91 Å². The molecule has 0 saturated carbocycles. The fourth-order valence-corrected chi connectivity index (χ4v) is 3.34. The first kappa shape index (κ1) is 21.9. The van der Waals surface area contributed by atoms with Gasteiger partial charge in [-0.2, -0.15) is 0 Å². The molecule has 1 N–H and O–H groups in total. The minimum atomic E-state index is -0.993.